The van der Waals surface area contributed by atoms with Crippen molar-refractivity contribution in [3.63, 3.8) is 0 Å². The smallest absolute Gasteiger partial charge is 0.0812 e. The summed E-state index contributed by atoms with van der Waals surface area (Å²) in [6, 6.07) is 0. The van der Waals surface area contributed by atoms with Crippen molar-refractivity contribution in [1.29, 1.82) is 0 Å². The van der Waals surface area contributed by atoms with Crippen LogP contribution in [0.2, 0.25) is 0 Å². The van der Waals surface area contributed by atoms with E-state index in [-0.39, 0.29) is 0 Å². The summed E-state index contributed by atoms with van der Waals surface area (Å²) < 4.78 is 6.12. The highest BCUT2D eigenvalue weighted by molar-refractivity contribution is 5.15. The van der Waals surface area contributed by atoms with E-state index >= 15 is 0 Å². The van der Waals surface area contributed by atoms with Crippen LogP contribution in [0.1, 0.15) is 126 Å². The molecule has 0 fully saturated rings. The Morgan fingerprint density at radius 3 is 2.58 bits per heavy atom. The molecule has 1 rings (SSSR count). The highest BCUT2D eigenvalue weighted by Gasteiger charge is 2.29. The Morgan fingerprint density at radius 1 is 1.19 bits per heavy atom. The van der Waals surface area contributed by atoms with Gasteiger partial charge in [-0.1, -0.05) is 64.7 Å². The topological polar surface area (TPSA) is 29.5 Å². The normalized spacial score (nSPS) is 25.2. The van der Waals surface area contributed by atoms with Crippen LogP contribution in [0.3, 0.4) is 0 Å². The van der Waals surface area contributed by atoms with Crippen molar-refractivity contribution >= 4 is 0 Å². The minimum atomic E-state index is -0.480. The summed E-state index contributed by atoms with van der Waals surface area (Å²) in [4.78, 5) is 0. The van der Waals surface area contributed by atoms with Crippen molar-refractivity contribution < 1.29 is 9.84 Å². The molecule has 5 atom stereocenters. The van der Waals surface area contributed by atoms with Gasteiger partial charge in [-0.15, -0.1) is 0 Å². The van der Waals surface area contributed by atoms with Crippen LogP contribution in [-0.4, -0.2) is 23.4 Å². The van der Waals surface area contributed by atoms with Gasteiger partial charge in [0.15, 0.2) is 0 Å². The molecule has 31 heavy (non-hydrogen) atoms. The van der Waals surface area contributed by atoms with E-state index in [0.29, 0.717) is 12.0 Å². The summed E-state index contributed by atoms with van der Waals surface area (Å²) in [6.45, 7) is 16.5. The molecule has 0 aromatic rings. The fraction of sp³-hybridized carbons (Fsp3) is 0.862. The van der Waals surface area contributed by atoms with Crippen LogP contribution in [0, 0.1) is 17.8 Å². The maximum atomic E-state index is 10.5. The van der Waals surface area contributed by atoms with Gasteiger partial charge in [-0.05, 0) is 102 Å². The molecule has 1 aliphatic carbocycles. The van der Waals surface area contributed by atoms with Gasteiger partial charge in [-0.25, -0.2) is 0 Å². The first kappa shape index (κ1) is 28.4. The summed E-state index contributed by atoms with van der Waals surface area (Å²) in [7, 11) is 0. The standard InChI is InChI=1S/C29H54O2/c1-8-10-11-21-29(7,30)22-13-16-23(3)14-12-15-24(4)17-19-27-20-18-25(5)26(6)28(27)31-9-2/h14,20,24-26,28,30H,8-13,15-19,21-22H2,1-7H3/b23-14+. The molecule has 0 heterocycles. The van der Waals surface area contributed by atoms with Gasteiger partial charge >= 0.3 is 0 Å². The van der Waals surface area contributed by atoms with Crippen LogP contribution < -0.4 is 0 Å². The molecule has 0 saturated heterocycles. The van der Waals surface area contributed by atoms with Crippen LogP contribution in [0.25, 0.3) is 0 Å². The summed E-state index contributed by atoms with van der Waals surface area (Å²) in [5.74, 6) is 2.11. The van der Waals surface area contributed by atoms with Gasteiger partial charge < -0.3 is 9.84 Å². The maximum absolute atomic E-state index is 10.5. The van der Waals surface area contributed by atoms with Crippen molar-refractivity contribution in [1.82, 2.24) is 0 Å². The number of unbranched alkanes of at least 4 members (excludes halogenated alkanes) is 2. The van der Waals surface area contributed by atoms with Crippen molar-refractivity contribution in [2.75, 3.05) is 6.61 Å². The second-order valence-corrected chi connectivity index (χ2v) is 10.8. The van der Waals surface area contributed by atoms with Gasteiger partial charge in [0.2, 0.25) is 0 Å². The number of aliphatic hydroxyl groups is 1. The lowest BCUT2D eigenvalue weighted by Gasteiger charge is -2.35. The molecule has 0 spiro atoms. The van der Waals surface area contributed by atoms with E-state index in [0.717, 1.165) is 50.5 Å². The largest absolute Gasteiger partial charge is 0.390 e. The third-order valence-corrected chi connectivity index (χ3v) is 7.52. The predicted octanol–water partition coefficient (Wildman–Crippen LogP) is 8.64. The zero-order valence-corrected chi connectivity index (χ0v) is 22.0. The molecule has 1 aliphatic rings. The van der Waals surface area contributed by atoms with Crippen molar-refractivity contribution in [3.05, 3.63) is 23.3 Å². The van der Waals surface area contributed by atoms with E-state index in [1.54, 1.807) is 5.57 Å². The van der Waals surface area contributed by atoms with Crippen molar-refractivity contribution in [2.45, 2.75) is 137 Å². The van der Waals surface area contributed by atoms with Crippen molar-refractivity contribution in [2.24, 2.45) is 17.8 Å². The number of hydrogen-bond acceptors (Lipinski definition) is 2. The third-order valence-electron chi connectivity index (χ3n) is 7.52. The van der Waals surface area contributed by atoms with Gasteiger partial charge in [-0.2, -0.15) is 0 Å². The number of allylic oxidation sites excluding steroid dienone is 3. The van der Waals surface area contributed by atoms with E-state index in [4.69, 9.17) is 4.74 Å². The van der Waals surface area contributed by atoms with Crippen LogP contribution in [0.15, 0.2) is 23.3 Å². The van der Waals surface area contributed by atoms with Gasteiger partial charge in [0.05, 0.1) is 11.7 Å². The average molecular weight is 435 g/mol. The molecule has 0 aromatic carbocycles. The van der Waals surface area contributed by atoms with E-state index in [2.05, 4.69) is 53.7 Å². The van der Waals surface area contributed by atoms with E-state index in [9.17, 15) is 5.11 Å². The molecule has 0 aromatic heterocycles. The molecule has 2 nitrogen and oxygen atoms in total. The Morgan fingerprint density at radius 2 is 1.90 bits per heavy atom. The third kappa shape index (κ3) is 11.7. The molecule has 0 amide bonds. The molecular weight excluding hydrogens is 380 g/mol. The number of rotatable bonds is 16. The van der Waals surface area contributed by atoms with Gasteiger partial charge in [-0.3, -0.25) is 0 Å². The molecule has 0 aliphatic heterocycles. The van der Waals surface area contributed by atoms with Gasteiger partial charge in [0.25, 0.3) is 0 Å². The number of hydrogen-bond donors (Lipinski definition) is 1. The first-order chi connectivity index (χ1) is 14.7. The second-order valence-electron chi connectivity index (χ2n) is 10.8. The summed E-state index contributed by atoms with van der Waals surface area (Å²) >= 11 is 0. The first-order valence-electron chi connectivity index (χ1n) is 13.4. The zero-order valence-electron chi connectivity index (χ0n) is 22.0. The SMILES string of the molecule is CCCCCC(C)(O)CCC/C(C)=C/CCC(C)CCC1=CCC(C)C(C)C1OCC. The summed E-state index contributed by atoms with van der Waals surface area (Å²) in [6.07, 6.45) is 19.1. The Bertz CT molecular complexity index is 531. The highest BCUT2D eigenvalue weighted by atomic mass is 16.5. The highest BCUT2D eigenvalue weighted by Crippen LogP contribution is 2.34. The molecule has 2 heteroatoms. The number of ether oxygens (including phenoxy) is 1. The quantitative estimate of drug-likeness (QED) is 0.194. The van der Waals surface area contributed by atoms with Crippen LogP contribution in [0.5, 0.6) is 0 Å². The van der Waals surface area contributed by atoms with E-state index in [1.165, 1.54) is 50.5 Å². The molecule has 0 bridgehead atoms. The maximum Gasteiger partial charge on any atom is 0.0812 e. The van der Waals surface area contributed by atoms with Gasteiger partial charge in [0, 0.05) is 6.61 Å². The lowest BCUT2D eigenvalue weighted by Crippen LogP contribution is -2.32. The minimum absolute atomic E-state index is 0.335. The second kappa shape index (κ2) is 15.3. The zero-order chi connectivity index (χ0) is 23.3. The van der Waals surface area contributed by atoms with Gasteiger partial charge in [0.1, 0.15) is 0 Å². The van der Waals surface area contributed by atoms with Crippen LogP contribution in [0.4, 0.5) is 0 Å². The van der Waals surface area contributed by atoms with Crippen molar-refractivity contribution in [3.8, 4) is 0 Å². The summed E-state index contributed by atoms with van der Waals surface area (Å²) in [5.41, 5.74) is 2.56. The Kier molecular flexibility index (Phi) is 14.0. The average Bonchev–Trinajstić information content (AvgIpc) is 2.71. The minimum Gasteiger partial charge on any atom is -0.390 e. The lowest BCUT2D eigenvalue weighted by atomic mass is 9.77. The van der Waals surface area contributed by atoms with E-state index < -0.39 is 5.60 Å². The molecule has 1 N–H and O–H groups in total. The Labute approximate surface area is 194 Å². The Balaban J connectivity index is 2.29. The molecule has 0 saturated carbocycles. The van der Waals surface area contributed by atoms with Crippen LogP contribution >= 0.6 is 0 Å². The predicted molar refractivity (Wildman–Crippen MR) is 136 cm³/mol. The molecular formula is C29H54O2. The fourth-order valence-electron chi connectivity index (χ4n) is 4.89. The van der Waals surface area contributed by atoms with E-state index in [1.807, 2.05) is 6.92 Å². The monoisotopic (exact) mass is 434 g/mol. The molecule has 5 unspecified atom stereocenters. The fourth-order valence-corrected chi connectivity index (χ4v) is 4.89. The summed E-state index contributed by atoms with van der Waals surface area (Å²) in [5, 5.41) is 10.5. The molecule has 0 radical (unpaired) electrons. The molecule has 182 valence electrons. The first-order valence-corrected chi connectivity index (χ1v) is 13.4. The lowest BCUT2D eigenvalue weighted by molar-refractivity contribution is 0.0246. The van der Waals surface area contributed by atoms with Crippen LogP contribution in [-0.2, 0) is 4.74 Å². The Hall–Kier alpha value is -0.600.